The van der Waals surface area contributed by atoms with Gasteiger partial charge in [0.2, 0.25) is 5.78 Å². The zero-order chi connectivity index (χ0) is 28.1. The average Bonchev–Trinajstić information content (AvgIpc) is 3.22. The van der Waals surface area contributed by atoms with E-state index >= 15 is 0 Å². The quantitative estimate of drug-likeness (QED) is 0.254. The lowest BCUT2D eigenvalue weighted by atomic mass is 9.94. The van der Waals surface area contributed by atoms with Crippen LogP contribution in [0.25, 0.3) is 5.76 Å². The van der Waals surface area contributed by atoms with Crippen LogP contribution < -0.4 is 14.7 Å². The van der Waals surface area contributed by atoms with Gasteiger partial charge in [-0.05, 0) is 53.4 Å². The second-order valence-corrected chi connectivity index (χ2v) is 10.2. The van der Waals surface area contributed by atoms with Gasteiger partial charge in [0.1, 0.15) is 31.3 Å². The molecule has 2 saturated heterocycles. The minimum atomic E-state index is -0.874. The van der Waals surface area contributed by atoms with E-state index in [4.69, 9.17) is 9.47 Å². The lowest BCUT2D eigenvalue weighted by molar-refractivity contribution is -0.908. The number of rotatable bonds is 9. The Hall–Kier alpha value is -4.01. The van der Waals surface area contributed by atoms with Gasteiger partial charge in [0.25, 0.3) is 5.91 Å². The summed E-state index contributed by atoms with van der Waals surface area (Å²) in [5.74, 6) is -1.84. The summed E-state index contributed by atoms with van der Waals surface area (Å²) < 4.78 is 25.1. The van der Waals surface area contributed by atoms with E-state index in [0.717, 1.165) is 25.2 Å². The van der Waals surface area contributed by atoms with Crippen LogP contribution in [0.1, 0.15) is 34.7 Å². The number of hydrogen-bond acceptors (Lipinski definition) is 5. The second kappa shape index (κ2) is 12.4. The molecule has 7 nitrogen and oxygen atoms in total. The van der Waals surface area contributed by atoms with Crippen LogP contribution in [-0.4, -0.2) is 56.0 Å². The maximum atomic E-state index is 13.9. The molecule has 2 aliphatic heterocycles. The number of carbonyl (C=O) groups is 2. The molecule has 2 heterocycles. The van der Waals surface area contributed by atoms with Crippen molar-refractivity contribution in [2.75, 3.05) is 39.4 Å². The first kappa shape index (κ1) is 27.6. The summed E-state index contributed by atoms with van der Waals surface area (Å²) in [7, 11) is 0. The van der Waals surface area contributed by atoms with E-state index in [2.05, 4.69) is 0 Å². The zero-order valence-corrected chi connectivity index (χ0v) is 22.5. The Labute approximate surface area is 233 Å². The van der Waals surface area contributed by atoms with E-state index in [0.29, 0.717) is 55.2 Å². The predicted octanol–water partition coefficient (Wildman–Crippen LogP) is 2.24. The van der Waals surface area contributed by atoms with Crippen LogP contribution in [0.3, 0.4) is 0 Å². The lowest BCUT2D eigenvalue weighted by Crippen LogP contribution is -3.14. The Morgan fingerprint density at radius 1 is 1.05 bits per heavy atom. The predicted molar refractivity (Wildman–Crippen MR) is 146 cm³/mol. The monoisotopic (exact) mass is 544 g/mol. The summed E-state index contributed by atoms with van der Waals surface area (Å²) in [4.78, 5) is 29.4. The Kier molecular flexibility index (Phi) is 8.57. The van der Waals surface area contributed by atoms with Crippen LogP contribution >= 0.6 is 0 Å². The largest absolute Gasteiger partial charge is 0.872 e. The highest BCUT2D eigenvalue weighted by Gasteiger charge is 2.44. The first-order valence-corrected chi connectivity index (χ1v) is 13.6. The smallest absolute Gasteiger partial charge is 0.295 e. The minimum Gasteiger partial charge on any atom is -0.872 e. The number of benzene rings is 3. The molecular weight excluding hydrogens is 511 g/mol. The highest BCUT2D eigenvalue weighted by atomic mass is 19.1. The van der Waals surface area contributed by atoms with Gasteiger partial charge in [-0.15, -0.1) is 0 Å². The average molecular weight is 545 g/mol. The summed E-state index contributed by atoms with van der Waals surface area (Å²) in [5, 5.41) is 13.9. The van der Waals surface area contributed by atoms with Crippen molar-refractivity contribution in [3.63, 3.8) is 0 Å². The van der Waals surface area contributed by atoms with Gasteiger partial charge in [-0.25, -0.2) is 4.39 Å². The van der Waals surface area contributed by atoms with Crippen molar-refractivity contribution in [3.8, 4) is 5.75 Å². The molecule has 0 bridgehead atoms. The molecule has 1 amide bonds. The van der Waals surface area contributed by atoms with E-state index < -0.39 is 29.3 Å². The Bertz CT molecular complexity index is 1380. The number of morpholine rings is 1. The maximum absolute atomic E-state index is 13.9. The fourth-order valence-corrected chi connectivity index (χ4v) is 5.37. The van der Waals surface area contributed by atoms with Crippen LogP contribution in [0.2, 0.25) is 0 Å². The van der Waals surface area contributed by atoms with Crippen LogP contribution in [-0.2, 0) is 20.9 Å². The number of aryl methyl sites for hydroxylation is 1. The first-order valence-electron chi connectivity index (χ1n) is 13.6. The highest BCUT2D eigenvalue weighted by Crippen LogP contribution is 2.39. The molecule has 5 rings (SSSR count). The first-order chi connectivity index (χ1) is 19.4. The molecule has 1 unspecified atom stereocenters. The van der Waals surface area contributed by atoms with Crippen molar-refractivity contribution < 1.29 is 33.5 Å². The van der Waals surface area contributed by atoms with E-state index in [-0.39, 0.29) is 5.57 Å². The van der Waals surface area contributed by atoms with Gasteiger partial charge >= 0.3 is 0 Å². The number of Topliss-reactive ketones (excluding diaryl/α,β-unsaturated/α-hetero) is 1. The number of ketones is 1. The molecule has 0 spiro atoms. The Morgan fingerprint density at radius 2 is 1.77 bits per heavy atom. The lowest BCUT2D eigenvalue weighted by Gasteiger charge is -2.29. The van der Waals surface area contributed by atoms with Gasteiger partial charge in [0.05, 0.1) is 25.8 Å². The standard InChI is InChI=1S/C32H33FN2O5/c1-22-20-26(40-21-23-6-3-2-4-7-23)12-13-27(22)30(36)28-29(24-8-10-25(33)11-9-24)35(32(38)31(28)37)15-5-14-34-16-18-39-19-17-34/h2-4,6-13,20,29,36H,5,14-19,21H2,1H3/b30-28+. The molecule has 2 aliphatic rings. The third-order valence-electron chi connectivity index (χ3n) is 7.54. The van der Waals surface area contributed by atoms with Crippen molar-refractivity contribution >= 4 is 17.4 Å². The molecule has 1 N–H and O–H groups in total. The summed E-state index contributed by atoms with van der Waals surface area (Å²) >= 11 is 0. The molecule has 1 atom stereocenters. The summed E-state index contributed by atoms with van der Waals surface area (Å²) in [6, 6.07) is 19.6. The summed E-state index contributed by atoms with van der Waals surface area (Å²) in [5.41, 5.74) is 2.41. The molecule has 40 heavy (non-hydrogen) atoms. The van der Waals surface area contributed by atoms with Gasteiger partial charge < -0.3 is 24.4 Å². The van der Waals surface area contributed by atoms with Crippen molar-refractivity contribution in [1.29, 1.82) is 0 Å². The SMILES string of the molecule is Cc1cc(OCc2ccccc2)ccc1/C([O-])=C1\C(=O)C(=O)N(CCC[NH+]2CCOCC2)C1c1ccc(F)cc1. The number of quaternary nitrogens is 1. The van der Waals surface area contributed by atoms with Crippen molar-refractivity contribution in [1.82, 2.24) is 4.90 Å². The third kappa shape index (κ3) is 6.08. The molecule has 2 fully saturated rings. The van der Waals surface area contributed by atoms with Crippen LogP contribution in [0.5, 0.6) is 5.75 Å². The molecule has 3 aromatic carbocycles. The number of nitrogens with zero attached hydrogens (tertiary/aromatic N) is 1. The summed E-state index contributed by atoms with van der Waals surface area (Å²) in [6.07, 6.45) is 0.667. The third-order valence-corrected chi connectivity index (χ3v) is 7.54. The van der Waals surface area contributed by atoms with Gasteiger partial charge in [-0.1, -0.05) is 54.3 Å². The van der Waals surface area contributed by atoms with Gasteiger partial charge in [0, 0.05) is 18.5 Å². The number of amides is 1. The number of likely N-dealkylation sites (tertiary alicyclic amines) is 1. The minimum absolute atomic E-state index is 0.101. The van der Waals surface area contributed by atoms with Gasteiger partial charge in [-0.3, -0.25) is 9.59 Å². The molecule has 0 aliphatic carbocycles. The van der Waals surface area contributed by atoms with Gasteiger partial charge in [0.15, 0.2) is 0 Å². The maximum Gasteiger partial charge on any atom is 0.295 e. The zero-order valence-electron chi connectivity index (χ0n) is 22.5. The van der Waals surface area contributed by atoms with Crippen LogP contribution in [0.4, 0.5) is 4.39 Å². The molecule has 208 valence electrons. The number of hydrogen-bond donors (Lipinski definition) is 1. The van der Waals surface area contributed by atoms with E-state index in [1.165, 1.54) is 34.1 Å². The summed E-state index contributed by atoms with van der Waals surface area (Å²) in [6.45, 7) is 6.51. The number of nitrogens with one attached hydrogen (secondary N) is 1. The van der Waals surface area contributed by atoms with E-state index in [1.807, 2.05) is 30.3 Å². The van der Waals surface area contributed by atoms with Crippen LogP contribution in [0.15, 0.2) is 78.4 Å². The van der Waals surface area contributed by atoms with Crippen molar-refractivity contribution in [2.24, 2.45) is 0 Å². The van der Waals surface area contributed by atoms with Gasteiger partial charge in [-0.2, -0.15) is 0 Å². The molecule has 3 aromatic rings. The molecule has 0 radical (unpaired) electrons. The fourth-order valence-electron chi connectivity index (χ4n) is 5.37. The normalized spacial score (nSPS) is 19.2. The van der Waals surface area contributed by atoms with Crippen molar-refractivity contribution in [3.05, 3.63) is 106 Å². The Morgan fingerprint density at radius 3 is 2.48 bits per heavy atom. The topological polar surface area (TPSA) is 83.3 Å². The number of carbonyl (C=O) groups excluding carboxylic acids is 2. The number of ether oxygens (including phenoxy) is 2. The second-order valence-electron chi connectivity index (χ2n) is 10.2. The molecule has 0 saturated carbocycles. The molecular formula is C32H33FN2O5. The van der Waals surface area contributed by atoms with Crippen molar-refractivity contribution in [2.45, 2.75) is 26.0 Å². The van der Waals surface area contributed by atoms with E-state index in [1.54, 1.807) is 25.1 Å². The molecule has 0 aromatic heterocycles. The Balaban J connectivity index is 1.42. The highest BCUT2D eigenvalue weighted by molar-refractivity contribution is 6.46. The fraction of sp³-hybridized carbons (Fsp3) is 0.312. The van der Waals surface area contributed by atoms with E-state index in [9.17, 15) is 19.1 Å². The molecule has 8 heteroatoms. The number of halogens is 1. The van der Waals surface area contributed by atoms with Crippen LogP contribution in [0, 0.1) is 12.7 Å².